The first-order valence-electron chi connectivity index (χ1n) is 7.55. The maximum absolute atomic E-state index is 12.8. The predicted octanol–water partition coefficient (Wildman–Crippen LogP) is 3.18. The van der Waals surface area contributed by atoms with Gasteiger partial charge in [-0.3, -0.25) is 9.69 Å². The summed E-state index contributed by atoms with van der Waals surface area (Å²) in [5, 5.41) is 0. The fourth-order valence-corrected chi connectivity index (χ4v) is 2.58. The molecular formula is C17H28N2O. The average Bonchev–Trinajstić information content (AvgIpc) is 2.44. The van der Waals surface area contributed by atoms with Gasteiger partial charge in [-0.1, -0.05) is 58.0 Å². The summed E-state index contributed by atoms with van der Waals surface area (Å²) in [5.41, 5.74) is 1.08. The highest BCUT2D eigenvalue weighted by Gasteiger charge is 2.28. The summed E-state index contributed by atoms with van der Waals surface area (Å²) >= 11 is 0. The van der Waals surface area contributed by atoms with Gasteiger partial charge in [-0.05, 0) is 24.6 Å². The van der Waals surface area contributed by atoms with Crippen molar-refractivity contribution in [1.29, 1.82) is 0 Å². The van der Waals surface area contributed by atoms with Gasteiger partial charge < -0.3 is 4.90 Å². The van der Waals surface area contributed by atoms with Crippen molar-refractivity contribution in [2.24, 2.45) is 5.92 Å². The van der Waals surface area contributed by atoms with Crippen LogP contribution in [0.1, 0.15) is 39.3 Å². The molecule has 1 rings (SSSR count). The van der Waals surface area contributed by atoms with Crippen LogP contribution in [0.4, 0.5) is 0 Å². The van der Waals surface area contributed by atoms with E-state index in [1.54, 1.807) is 0 Å². The Kier molecular flexibility index (Phi) is 6.73. The number of carbonyl (C=O) groups is 1. The Balaban J connectivity index is 3.02. The lowest BCUT2D eigenvalue weighted by molar-refractivity contribution is -0.136. The summed E-state index contributed by atoms with van der Waals surface area (Å²) in [6, 6.07) is 9.91. The SMILES string of the molecule is CCN(CC)C(C(=O)N(C)CC(C)C)c1ccccc1. The molecule has 0 radical (unpaired) electrons. The number of nitrogens with zero attached hydrogens (tertiary/aromatic N) is 2. The molecule has 1 aromatic carbocycles. The van der Waals surface area contributed by atoms with E-state index in [0.29, 0.717) is 5.92 Å². The maximum atomic E-state index is 12.8. The highest BCUT2D eigenvalue weighted by atomic mass is 16.2. The van der Waals surface area contributed by atoms with Gasteiger partial charge in [0.2, 0.25) is 5.91 Å². The van der Waals surface area contributed by atoms with Crippen LogP contribution in [0.25, 0.3) is 0 Å². The second-order valence-electron chi connectivity index (χ2n) is 5.65. The average molecular weight is 276 g/mol. The van der Waals surface area contributed by atoms with E-state index in [1.165, 1.54) is 0 Å². The molecule has 1 amide bonds. The van der Waals surface area contributed by atoms with Crippen molar-refractivity contribution in [3.63, 3.8) is 0 Å². The summed E-state index contributed by atoms with van der Waals surface area (Å²) in [5.74, 6) is 0.672. The van der Waals surface area contributed by atoms with E-state index in [-0.39, 0.29) is 11.9 Å². The predicted molar refractivity (Wildman–Crippen MR) is 84.6 cm³/mol. The van der Waals surface area contributed by atoms with Crippen molar-refractivity contribution < 1.29 is 4.79 Å². The number of rotatable bonds is 7. The fraction of sp³-hybridized carbons (Fsp3) is 0.588. The topological polar surface area (TPSA) is 23.6 Å². The molecule has 0 fully saturated rings. The molecule has 112 valence electrons. The normalized spacial score (nSPS) is 12.8. The third-order valence-corrected chi connectivity index (χ3v) is 3.54. The molecule has 1 atom stereocenters. The first kappa shape index (κ1) is 16.7. The van der Waals surface area contributed by atoms with Crippen molar-refractivity contribution in [3.05, 3.63) is 35.9 Å². The lowest BCUT2D eigenvalue weighted by Crippen LogP contribution is -2.42. The van der Waals surface area contributed by atoms with Crippen molar-refractivity contribution in [1.82, 2.24) is 9.80 Å². The van der Waals surface area contributed by atoms with Crippen LogP contribution in [0, 0.1) is 5.92 Å². The Morgan fingerprint density at radius 1 is 1.10 bits per heavy atom. The van der Waals surface area contributed by atoms with Crippen LogP contribution in [-0.4, -0.2) is 42.4 Å². The highest BCUT2D eigenvalue weighted by Crippen LogP contribution is 2.22. The van der Waals surface area contributed by atoms with Gasteiger partial charge in [-0.25, -0.2) is 0 Å². The summed E-state index contributed by atoms with van der Waals surface area (Å²) in [4.78, 5) is 16.9. The van der Waals surface area contributed by atoms with Crippen LogP contribution in [0.5, 0.6) is 0 Å². The van der Waals surface area contributed by atoms with E-state index >= 15 is 0 Å². The molecule has 0 aliphatic carbocycles. The van der Waals surface area contributed by atoms with Crippen LogP contribution in [-0.2, 0) is 4.79 Å². The monoisotopic (exact) mass is 276 g/mol. The Morgan fingerprint density at radius 3 is 2.10 bits per heavy atom. The van der Waals surface area contributed by atoms with Gasteiger partial charge in [0.25, 0.3) is 0 Å². The molecule has 0 N–H and O–H groups in total. The molecule has 3 heteroatoms. The van der Waals surface area contributed by atoms with Crippen LogP contribution < -0.4 is 0 Å². The minimum atomic E-state index is -0.171. The minimum absolute atomic E-state index is 0.171. The molecule has 0 aliphatic rings. The first-order valence-corrected chi connectivity index (χ1v) is 7.55. The third-order valence-electron chi connectivity index (χ3n) is 3.54. The maximum Gasteiger partial charge on any atom is 0.244 e. The minimum Gasteiger partial charge on any atom is -0.344 e. The van der Waals surface area contributed by atoms with E-state index < -0.39 is 0 Å². The molecule has 3 nitrogen and oxygen atoms in total. The zero-order chi connectivity index (χ0) is 15.1. The Bertz CT molecular complexity index is 399. The quantitative estimate of drug-likeness (QED) is 0.763. The molecule has 1 unspecified atom stereocenters. The molecule has 0 aliphatic heterocycles. The van der Waals surface area contributed by atoms with Crippen LogP contribution in [0.3, 0.4) is 0 Å². The molecule has 1 aromatic rings. The second kappa shape index (κ2) is 8.05. The van der Waals surface area contributed by atoms with Crippen molar-refractivity contribution >= 4 is 5.91 Å². The summed E-state index contributed by atoms with van der Waals surface area (Å²) in [6.07, 6.45) is 0. The number of hydrogen-bond donors (Lipinski definition) is 0. The van der Waals surface area contributed by atoms with Crippen LogP contribution >= 0.6 is 0 Å². The molecule has 0 heterocycles. The van der Waals surface area contributed by atoms with Crippen LogP contribution in [0.15, 0.2) is 30.3 Å². The standard InChI is InChI=1S/C17H28N2O/c1-6-19(7-2)16(15-11-9-8-10-12-15)17(20)18(5)13-14(3)4/h8-12,14,16H,6-7,13H2,1-5H3. The fourth-order valence-electron chi connectivity index (χ4n) is 2.58. The van der Waals surface area contributed by atoms with Gasteiger partial charge in [0.15, 0.2) is 0 Å². The smallest absolute Gasteiger partial charge is 0.244 e. The van der Waals surface area contributed by atoms with Gasteiger partial charge in [0.05, 0.1) is 0 Å². The van der Waals surface area contributed by atoms with Gasteiger partial charge in [-0.15, -0.1) is 0 Å². The molecule has 20 heavy (non-hydrogen) atoms. The first-order chi connectivity index (χ1) is 9.51. The van der Waals surface area contributed by atoms with Crippen molar-refractivity contribution in [2.75, 3.05) is 26.7 Å². The van der Waals surface area contributed by atoms with E-state index in [4.69, 9.17) is 0 Å². The number of carbonyl (C=O) groups excluding carboxylic acids is 1. The van der Waals surface area contributed by atoms with Crippen molar-refractivity contribution in [2.45, 2.75) is 33.7 Å². The van der Waals surface area contributed by atoms with Gasteiger partial charge in [0.1, 0.15) is 6.04 Å². The lowest BCUT2D eigenvalue weighted by atomic mass is 10.0. The number of amides is 1. The Hall–Kier alpha value is -1.35. The molecule has 0 saturated carbocycles. The number of likely N-dealkylation sites (N-methyl/N-ethyl adjacent to an activating group) is 2. The summed E-state index contributed by atoms with van der Waals surface area (Å²) < 4.78 is 0. The summed E-state index contributed by atoms with van der Waals surface area (Å²) in [7, 11) is 1.90. The van der Waals surface area contributed by atoms with Crippen LogP contribution in [0.2, 0.25) is 0 Å². The van der Waals surface area contributed by atoms with Gasteiger partial charge >= 0.3 is 0 Å². The number of hydrogen-bond acceptors (Lipinski definition) is 2. The summed E-state index contributed by atoms with van der Waals surface area (Å²) in [6.45, 7) is 11.0. The largest absolute Gasteiger partial charge is 0.344 e. The third kappa shape index (κ3) is 4.34. The van der Waals surface area contributed by atoms with Gasteiger partial charge in [0, 0.05) is 13.6 Å². The second-order valence-corrected chi connectivity index (χ2v) is 5.65. The molecule has 0 bridgehead atoms. The van der Waals surface area contributed by atoms with E-state index in [2.05, 4.69) is 32.6 Å². The highest BCUT2D eigenvalue weighted by molar-refractivity contribution is 5.83. The zero-order valence-corrected chi connectivity index (χ0v) is 13.5. The van der Waals surface area contributed by atoms with E-state index in [9.17, 15) is 4.79 Å². The molecule has 0 spiro atoms. The van der Waals surface area contributed by atoms with Crippen molar-refractivity contribution in [3.8, 4) is 0 Å². The van der Waals surface area contributed by atoms with Gasteiger partial charge in [-0.2, -0.15) is 0 Å². The van der Waals surface area contributed by atoms with E-state index in [0.717, 1.165) is 25.2 Å². The molecular weight excluding hydrogens is 248 g/mol. The molecule has 0 aromatic heterocycles. The Labute approximate surface area is 123 Å². The molecule has 0 saturated heterocycles. The number of benzene rings is 1. The Morgan fingerprint density at radius 2 is 1.65 bits per heavy atom. The van der Waals surface area contributed by atoms with E-state index in [1.807, 2.05) is 42.3 Å². The lowest BCUT2D eigenvalue weighted by Gasteiger charge is -2.33. The zero-order valence-electron chi connectivity index (χ0n) is 13.5.